The Labute approximate surface area is 133 Å². The minimum Gasteiger partial charge on any atom is -0.353 e. The van der Waals surface area contributed by atoms with E-state index < -0.39 is 0 Å². The number of anilines is 1. The van der Waals surface area contributed by atoms with Gasteiger partial charge >= 0.3 is 0 Å². The highest BCUT2D eigenvalue weighted by Crippen LogP contribution is 2.21. The molecule has 2 fully saturated rings. The molecule has 114 valence electrons. The molecule has 1 aromatic heterocycles. The number of halogens is 1. The number of hydrogen-bond donors (Lipinski definition) is 1. The summed E-state index contributed by atoms with van der Waals surface area (Å²) in [5.74, 6) is 1.91. The topological polar surface area (TPSA) is 48.5 Å². The van der Waals surface area contributed by atoms with Crippen LogP contribution >= 0.6 is 15.9 Å². The standard InChI is InChI=1S/C15H21BrN4O/c1-11-8-17-10-13(11)15(21)20-6-4-19(5-7-20)14-3-2-12(16)9-18-14/h2-3,9,11,13,17H,4-8,10H2,1H3. The summed E-state index contributed by atoms with van der Waals surface area (Å²) in [6.07, 6.45) is 1.82. The maximum absolute atomic E-state index is 12.5. The first-order valence-corrected chi connectivity index (χ1v) is 8.30. The Morgan fingerprint density at radius 2 is 2.05 bits per heavy atom. The van der Waals surface area contributed by atoms with Crippen LogP contribution < -0.4 is 10.2 Å². The number of nitrogens with one attached hydrogen (secondary N) is 1. The Morgan fingerprint density at radius 3 is 2.62 bits per heavy atom. The van der Waals surface area contributed by atoms with Crippen LogP contribution in [0.2, 0.25) is 0 Å². The van der Waals surface area contributed by atoms with Crippen molar-refractivity contribution in [3.05, 3.63) is 22.8 Å². The highest BCUT2D eigenvalue weighted by Gasteiger charge is 2.34. The minimum atomic E-state index is 0.155. The molecule has 3 rings (SSSR count). The molecular formula is C15H21BrN4O. The molecule has 21 heavy (non-hydrogen) atoms. The van der Waals surface area contributed by atoms with E-state index in [2.05, 4.69) is 38.1 Å². The summed E-state index contributed by atoms with van der Waals surface area (Å²) >= 11 is 3.40. The Balaban J connectivity index is 1.57. The molecule has 5 nitrogen and oxygen atoms in total. The van der Waals surface area contributed by atoms with Crippen LogP contribution in [-0.4, -0.2) is 55.1 Å². The van der Waals surface area contributed by atoms with Gasteiger partial charge in [0.2, 0.25) is 5.91 Å². The number of nitrogens with zero attached hydrogens (tertiary/aromatic N) is 3. The average molecular weight is 353 g/mol. The Bertz CT molecular complexity index is 499. The van der Waals surface area contributed by atoms with E-state index in [9.17, 15) is 4.79 Å². The normalized spacial score (nSPS) is 26.2. The third-order valence-corrected chi connectivity index (χ3v) is 4.93. The molecule has 2 atom stereocenters. The summed E-state index contributed by atoms with van der Waals surface area (Å²) in [7, 11) is 0. The highest BCUT2D eigenvalue weighted by atomic mass is 79.9. The van der Waals surface area contributed by atoms with Crippen LogP contribution in [0.4, 0.5) is 5.82 Å². The van der Waals surface area contributed by atoms with E-state index in [-0.39, 0.29) is 5.92 Å². The molecule has 1 amide bonds. The smallest absolute Gasteiger partial charge is 0.227 e. The molecule has 0 radical (unpaired) electrons. The Morgan fingerprint density at radius 1 is 1.29 bits per heavy atom. The molecule has 3 heterocycles. The zero-order valence-electron chi connectivity index (χ0n) is 12.3. The van der Waals surface area contributed by atoms with Crippen molar-refractivity contribution >= 4 is 27.7 Å². The lowest BCUT2D eigenvalue weighted by Crippen LogP contribution is -2.51. The van der Waals surface area contributed by atoms with E-state index in [1.54, 1.807) is 0 Å². The molecular weight excluding hydrogens is 332 g/mol. The fraction of sp³-hybridized carbons (Fsp3) is 0.600. The van der Waals surface area contributed by atoms with Crippen molar-refractivity contribution in [1.29, 1.82) is 0 Å². The minimum absolute atomic E-state index is 0.155. The number of rotatable bonds is 2. The zero-order valence-corrected chi connectivity index (χ0v) is 13.8. The molecule has 0 saturated carbocycles. The molecule has 0 spiro atoms. The van der Waals surface area contributed by atoms with Gasteiger partial charge in [-0.3, -0.25) is 4.79 Å². The number of pyridine rings is 1. The first kappa shape index (κ1) is 14.8. The fourth-order valence-electron chi connectivity index (χ4n) is 3.09. The molecule has 2 saturated heterocycles. The predicted molar refractivity (Wildman–Crippen MR) is 86.3 cm³/mol. The lowest BCUT2D eigenvalue weighted by atomic mass is 9.96. The number of hydrogen-bond acceptors (Lipinski definition) is 4. The van der Waals surface area contributed by atoms with Gasteiger partial charge in [-0.05, 0) is 40.5 Å². The number of piperazine rings is 1. The van der Waals surface area contributed by atoms with Crippen molar-refractivity contribution in [1.82, 2.24) is 15.2 Å². The van der Waals surface area contributed by atoms with Gasteiger partial charge in [0.25, 0.3) is 0 Å². The number of carbonyl (C=O) groups is 1. The summed E-state index contributed by atoms with van der Waals surface area (Å²) < 4.78 is 0.989. The van der Waals surface area contributed by atoms with Crippen molar-refractivity contribution in [3.8, 4) is 0 Å². The van der Waals surface area contributed by atoms with Crippen molar-refractivity contribution in [2.45, 2.75) is 6.92 Å². The summed E-state index contributed by atoms with van der Waals surface area (Å²) in [4.78, 5) is 21.2. The fourth-order valence-corrected chi connectivity index (χ4v) is 3.32. The monoisotopic (exact) mass is 352 g/mol. The molecule has 1 N–H and O–H groups in total. The van der Waals surface area contributed by atoms with Gasteiger partial charge < -0.3 is 15.1 Å². The lowest BCUT2D eigenvalue weighted by molar-refractivity contribution is -0.136. The van der Waals surface area contributed by atoms with Gasteiger partial charge in [0, 0.05) is 43.4 Å². The van der Waals surface area contributed by atoms with Gasteiger partial charge in [0.1, 0.15) is 5.82 Å². The molecule has 2 aliphatic rings. The van der Waals surface area contributed by atoms with Crippen LogP contribution in [0.25, 0.3) is 0 Å². The summed E-state index contributed by atoms with van der Waals surface area (Å²) in [6, 6.07) is 4.02. The van der Waals surface area contributed by atoms with E-state index >= 15 is 0 Å². The van der Waals surface area contributed by atoms with E-state index in [0.29, 0.717) is 11.8 Å². The highest BCUT2D eigenvalue weighted by molar-refractivity contribution is 9.10. The molecule has 2 aliphatic heterocycles. The summed E-state index contributed by atoms with van der Waals surface area (Å²) in [6.45, 7) is 7.24. The molecule has 0 bridgehead atoms. The van der Waals surface area contributed by atoms with Gasteiger partial charge in [-0.15, -0.1) is 0 Å². The maximum atomic E-state index is 12.5. The Hall–Kier alpha value is -1.14. The van der Waals surface area contributed by atoms with Gasteiger partial charge in [-0.2, -0.15) is 0 Å². The molecule has 0 aromatic carbocycles. The van der Waals surface area contributed by atoms with Crippen LogP contribution in [0, 0.1) is 11.8 Å². The van der Waals surface area contributed by atoms with Gasteiger partial charge in [-0.25, -0.2) is 4.98 Å². The second-order valence-electron chi connectivity index (χ2n) is 5.89. The quantitative estimate of drug-likeness (QED) is 0.872. The number of carbonyl (C=O) groups excluding carboxylic acids is 1. The van der Waals surface area contributed by atoms with Crippen molar-refractivity contribution in [3.63, 3.8) is 0 Å². The molecule has 1 aromatic rings. The largest absolute Gasteiger partial charge is 0.353 e. The second-order valence-corrected chi connectivity index (χ2v) is 6.80. The van der Waals surface area contributed by atoms with Gasteiger partial charge in [-0.1, -0.05) is 6.92 Å². The average Bonchev–Trinajstić information content (AvgIpc) is 2.94. The number of amides is 1. The first-order valence-electron chi connectivity index (χ1n) is 7.51. The molecule has 6 heteroatoms. The number of aromatic nitrogens is 1. The third kappa shape index (κ3) is 3.21. The van der Waals surface area contributed by atoms with Crippen LogP contribution in [-0.2, 0) is 4.79 Å². The van der Waals surface area contributed by atoms with Gasteiger partial charge in [0.15, 0.2) is 0 Å². The van der Waals surface area contributed by atoms with E-state index in [0.717, 1.165) is 49.6 Å². The third-order valence-electron chi connectivity index (χ3n) is 4.46. The predicted octanol–water partition coefficient (Wildman–Crippen LogP) is 1.35. The van der Waals surface area contributed by atoms with Crippen molar-refractivity contribution in [2.24, 2.45) is 11.8 Å². The zero-order chi connectivity index (χ0) is 14.8. The first-order chi connectivity index (χ1) is 10.1. The molecule has 0 aliphatic carbocycles. The SMILES string of the molecule is CC1CNCC1C(=O)N1CCN(c2ccc(Br)cn2)CC1. The van der Waals surface area contributed by atoms with Crippen molar-refractivity contribution in [2.75, 3.05) is 44.2 Å². The van der Waals surface area contributed by atoms with Crippen molar-refractivity contribution < 1.29 is 4.79 Å². The Kier molecular flexibility index (Phi) is 4.45. The molecule has 2 unspecified atom stereocenters. The van der Waals surface area contributed by atoms with Crippen LogP contribution in [0.1, 0.15) is 6.92 Å². The summed E-state index contributed by atoms with van der Waals surface area (Å²) in [5.41, 5.74) is 0. The van der Waals surface area contributed by atoms with Crippen LogP contribution in [0.15, 0.2) is 22.8 Å². The summed E-state index contributed by atoms with van der Waals surface area (Å²) in [5, 5.41) is 3.31. The van der Waals surface area contributed by atoms with Gasteiger partial charge in [0.05, 0.1) is 5.92 Å². The van der Waals surface area contributed by atoms with E-state index in [1.807, 2.05) is 23.2 Å². The van der Waals surface area contributed by atoms with Crippen LogP contribution in [0.3, 0.4) is 0 Å². The van der Waals surface area contributed by atoms with E-state index in [1.165, 1.54) is 0 Å². The lowest BCUT2D eigenvalue weighted by Gasteiger charge is -2.37. The van der Waals surface area contributed by atoms with E-state index in [4.69, 9.17) is 0 Å². The second kappa shape index (κ2) is 6.32. The van der Waals surface area contributed by atoms with Crippen LogP contribution in [0.5, 0.6) is 0 Å². The maximum Gasteiger partial charge on any atom is 0.227 e.